The summed E-state index contributed by atoms with van der Waals surface area (Å²) in [7, 11) is 0. The highest BCUT2D eigenvalue weighted by atomic mass is 35.5. The lowest BCUT2D eigenvalue weighted by molar-refractivity contribution is 0.101. The average molecular weight is 701 g/mol. The smallest absolute Gasteiger partial charge is 0.258 e. The highest BCUT2D eigenvalue weighted by molar-refractivity contribution is 6.40. The SMILES string of the molecule is O=C(Nc1cnc(Nc2ccccc2)nc1)c1cc(O)ccc1Cl.O=C(Nc1cnc(Nc2cccnc2)nc1)c1c(Cl)cccc1Cl. The van der Waals surface area contributed by atoms with Crippen molar-refractivity contribution in [2.24, 2.45) is 0 Å². The molecule has 3 heterocycles. The predicted molar refractivity (Wildman–Crippen MR) is 187 cm³/mol. The molecule has 0 spiro atoms. The van der Waals surface area contributed by atoms with E-state index in [4.69, 9.17) is 34.8 Å². The van der Waals surface area contributed by atoms with Crippen LogP contribution in [0.5, 0.6) is 5.75 Å². The van der Waals surface area contributed by atoms with Gasteiger partial charge in [-0.25, -0.2) is 19.9 Å². The minimum Gasteiger partial charge on any atom is -0.508 e. The molecule has 6 rings (SSSR count). The lowest BCUT2D eigenvalue weighted by Crippen LogP contribution is -2.13. The highest BCUT2D eigenvalue weighted by Crippen LogP contribution is 2.26. The second kappa shape index (κ2) is 16.1. The van der Waals surface area contributed by atoms with Crippen LogP contribution in [-0.4, -0.2) is 41.8 Å². The molecule has 3 aromatic carbocycles. The zero-order valence-corrected chi connectivity index (χ0v) is 26.9. The first-order valence-corrected chi connectivity index (χ1v) is 15.1. The van der Waals surface area contributed by atoms with E-state index in [0.29, 0.717) is 23.3 Å². The van der Waals surface area contributed by atoms with Crippen molar-refractivity contribution in [3.63, 3.8) is 0 Å². The molecule has 15 heteroatoms. The first-order valence-electron chi connectivity index (χ1n) is 13.9. The third kappa shape index (κ3) is 9.36. The summed E-state index contributed by atoms with van der Waals surface area (Å²) < 4.78 is 0. The number of rotatable bonds is 8. The first-order chi connectivity index (χ1) is 23.2. The van der Waals surface area contributed by atoms with Gasteiger partial charge in [-0.1, -0.05) is 59.1 Å². The number of phenolic OH excluding ortho intramolecular Hbond substituents is 1. The zero-order valence-electron chi connectivity index (χ0n) is 24.6. The molecule has 0 aliphatic carbocycles. The van der Waals surface area contributed by atoms with Gasteiger partial charge in [-0.2, -0.15) is 0 Å². The van der Waals surface area contributed by atoms with Crippen molar-refractivity contribution in [2.75, 3.05) is 21.3 Å². The summed E-state index contributed by atoms with van der Waals surface area (Å²) in [5, 5.41) is 21.6. The van der Waals surface area contributed by atoms with Crippen LogP contribution in [0.3, 0.4) is 0 Å². The van der Waals surface area contributed by atoms with Crippen LogP contribution in [0.25, 0.3) is 0 Å². The minimum atomic E-state index is -0.455. The summed E-state index contributed by atoms with van der Waals surface area (Å²) in [6.45, 7) is 0. The maximum Gasteiger partial charge on any atom is 0.258 e. The van der Waals surface area contributed by atoms with Gasteiger partial charge in [0.05, 0.1) is 74.2 Å². The van der Waals surface area contributed by atoms with Crippen molar-refractivity contribution in [3.05, 3.63) is 142 Å². The van der Waals surface area contributed by atoms with Gasteiger partial charge in [0.2, 0.25) is 11.9 Å². The highest BCUT2D eigenvalue weighted by Gasteiger charge is 2.15. The van der Waals surface area contributed by atoms with E-state index in [1.165, 1.54) is 43.0 Å². The van der Waals surface area contributed by atoms with Crippen molar-refractivity contribution in [3.8, 4) is 5.75 Å². The number of halogens is 3. The summed E-state index contributed by atoms with van der Waals surface area (Å²) in [5.41, 5.74) is 2.84. The molecule has 0 aliphatic heterocycles. The molecule has 6 aromatic rings. The minimum absolute atomic E-state index is 0.0387. The summed E-state index contributed by atoms with van der Waals surface area (Å²) in [6.07, 6.45) is 9.24. The fourth-order valence-corrected chi connectivity index (χ4v) is 4.70. The van der Waals surface area contributed by atoms with Crippen molar-refractivity contribution < 1.29 is 14.7 Å². The molecule has 0 saturated heterocycles. The van der Waals surface area contributed by atoms with Crippen LogP contribution in [0, 0.1) is 0 Å². The van der Waals surface area contributed by atoms with Crippen LogP contribution in [0.15, 0.2) is 116 Å². The van der Waals surface area contributed by atoms with E-state index in [2.05, 4.69) is 46.2 Å². The molecule has 0 radical (unpaired) electrons. The quantitative estimate of drug-likeness (QED) is 0.105. The van der Waals surface area contributed by atoms with E-state index in [1.807, 2.05) is 36.4 Å². The standard InChI is InChI=1S/C17H13ClN4O2.C16H11Cl2N5O/c18-15-7-6-13(23)8-14(15)16(24)21-12-9-19-17(20-10-12)22-11-4-2-1-3-5-11;17-12-4-1-5-13(18)14(12)15(24)22-11-8-20-16(21-9-11)23-10-3-2-6-19-7-10/h1-10,23H,(H,21,24)(H,19,20,22);1-9H,(H,22,24)(H,20,21,23). The van der Waals surface area contributed by atoms with Gasteiger partial charge < -0.3 is 26.4 Å². The number of para-hydroxylation sites is 1. The Labute approximate surface area is 289 Å². The molecule has 48 heavy (non-hydrogen) atoms. The van der Waals surface area contributed by atoms with Gasteiger partial charge in [-0.3, -0.25) is 14.6 Å². The van der Waals surface area contributed by atoms with Crippen molar-refractivity contribution in [1.82, 2.24) is 24.9 Å². The van der Waals surface area contributed by atoms with Crippen LogP contribution in [0.4, 0.5) is 34.6 Å². The number of aromatic nitrogens is 5. The molecule has 0 fully saturated rings. The van der Waals surface area contributed by atoms with Crippen molar-refractivity contribution >= 4 is 81.3 Å². The fourth-order valence-electron chi connectivity index (χ4n) is 3.92. The Hall–Kier alpha value is -5.82. The first kappa shape index (κ1) is 33.5. The summed E-state index contributed by atoms with van der Waals surface area (Å²) in [4.78, 5) is 45.0. The van der Waals surface area contributed by atoms with Crippen LogP contribution < -0.4 is 21.3 Å². The third-order valence-electron chi connectivity index (χ3n) is 6.15. The van der Waals surface area contributed by atoms with Gasteiger partial charge in [0.25, 0.3) is 11.8 Å². The summed E-state index contributed by atoms with van der Waals surface area (Å²) in [6, 6.07) is 22.2. The number of pyridine rings is 1. The van der Waals surface area contributed by atoms with E-state index >= 15 is 0 Å². The summed E-state index contributed by atoms with van der Waals surface area (Å²) in [5.74, 6) is -0.125. The van der Waals surface area contributed by atoms with E-state index in [-0.39, 0.29) is 31.9 Å². The molecule has 5 N–H and O–H groups in total. The Balaban J connectivity index is 0.000000188. The van der Waals surface area contributed by atoms with E-state index in [9.17, 15) is 14.7 Å². The molecule has 0 saturated carbocycles. The monoisotopic (exact) mass is 699 g/mol. The average Bonchev–Trinajstić information content (AvgIpc) is 3.09. The number of benzene rings is 3. The largest absolute Gasteiger partial charge is 0.508 e. The fraction of sp³-hybridized carbons (Fsp3) is 0. The molecule has 2 amide bonds. The van der Waals surface area contributed by atoms with Gasteiger partial charge in [0.15, 0.2) is 0 Å². The van der Waals surface area contributed by atoms with Crippen LogP contribution in [0.2, 0.25) is 15.1 Å². The zero-order chi connectivity index (χ0) is 33.9. The Morgan fingerprint density at radius 2 is 1.12 bits per heavy atom. The Morgan fingerprint density at radius 3 is 1.71 bits per heavy atom. The predicted octanol–water partition coefficient (Wildman–Crippen LogP) is 8.01. The van der Waals surface area contributed by atoms with Crippen LogP contribution >= 0.6 is 34.8 Å². The number of nitrogens with one attached hydrogen (secondary N) is 4. The van der Waals surface area contributed by atoms with Gasteiger partial charge in [-0.15, -0.1) is 0 Å². The van der Waals surface area contributed by atoms with E-state index in [0.717, 1.165) is 11.4 Å². The van der Waals surface area contributed by atoms with E-state index < -0.39 is 11.8 Å². The lowest BCUT2D eigenvalue weighted by Gasteiger charge is -2.09. The van der Waals surface area contributed by atoms with Crippen molar-refractivity contribution in [2.45, 2.75) is 0 Å². The Kier molecular flexibility index (Phi) is 11.3. The number of phenols is 1. The topological polar surface area (TPSA) is 167 Å². The van der Waals surface area contributed by atoms with Gasteiger partial charge in [-0.05, 0) is 54.6 Å². The molecule has 3 aromatic heterocycles. The molecule has 0 aliphatic rings. The Morgan fingerprint density at radius 1 is 0.562 bits per heavy atom. The van der Waals surface area contributed by atoms with Gasteiger partial charge >= 0.3 is 0 Å². The van der Waals surface area contributed by atoms with Crippen LogP contribution in [0.1, 0.15) is 20.7 Å². The molecular formula is C33H24Cl3N9O3. The number of hydrogen-bond acceptors (Lipinski definition) is 10. The van der Waals surface area contributed by atoms with Crippen LogP contribution in [-0.2, 0) is 0 Å². The molecule has 240 valence electrons. The number of carbonyl (C=O) groups is 2. The normalized spacial score (nSPS) is 10.2. The molecule has 0 unspecified atom stereocenters. The number of nitrogens with zero attached hydrogens (tertiary/aromatic N) is 5. The molecular weight excluding hydrogens is 677 g/mol. The maximum atomic E-state index is 12.3. The van der Waals surface area contributed by atoms with Gasteiger partial charge in [0.1, 0.15) is 5.75 Å². The van der Waals surface area contributed by atoms with E-state index in [1.54, 1.807) is 36.7 Å². The molecule has 0 bridgehead atoms. The maximum absolute atomic E-state index is 12.3. The third-order valence-corrected chi connectivity index (χ3v) is 7.11. The Bertz CT molecular complexity index is 1980. The molecule has 0 atom stereocenters. The molecule has 12 nitrogen and oxygen atoms in total. The lowest BCUT2D eigenvalue weighted by atomic mass is 10.2. The van der Waals surface area contributed by atoms with Crippen molar-refractivity contribution in [1.29, 1.82) is 0 Å². The summed E-state index contributed by atoms with van der Waals surface area (Å²) >= 11 is 18.0. The second-order valence-corrected chi connectivity index (χ2v) is 10.8. The number of carbonyl (C=O) groups excluding carboxylic acids is 2. The number of aromatic hydroxyl groups is 1. The number of anilines is 6. The number of amides is 2. The second-order valence-electron chi connectivity index (χ2n) is 9.62. The van der Waals surface area contributed by atoms with Gasteiger partial charge in [0, 0.05) is 11.9 Å². The number of hydrogen-bond donors (Lipinski definition) is 5.